The average Bonchev–Trinajstić information content (AvgIpc) is 2.92. The molecule has 0 atom stereocenters. The molecule has 2 aromatic rings. The number of carbonyl (C=O) groups excluding carboxylic acids is 1. The highest BCUT2D eigenvalue weighted by atomic mass is 19.1. The van der Waals surface area contributed by atoms with Gasteiger partial charge in [0.2, 0.25) is 5.91 Å². The lowest BCUT2D eigenvalue weighted by Crippen LogP contribution is -2.38. The Kier molecular flexibility index (Phi) is 3.50. The molecule has 0 spiro atoms. The molecule has 0 N–H and O–H groups in total. The molecule has 1 aromatic heterocycles. The number of amides is 1. The molecule has 20 heavy (non-hydrogen) atoms. The molecule has 2 heterocycles. The zero-order valence-electron chi connectivity index (χ0n) is 11.1. The van der Waals surface area contributed by atoms with Crippen LogP contribution in [0.25, 0.3) is 0 Å². The number of nitrogens with zero attached hydrogens (tertiary/aromatic N) is 3. The van der Waals surface area contributed by atoms with Gasteiger partial charge in [0, 0.05) is 31.9 Å². The summed E-state index contributed by atoms with van der Waals surface area (Å²) in [5.41, 5.74) is 0.858. The predicted molar refractivity (Wildman–Crippen MR) is 72.4 cm³/mol. The van der Waals surface area contributed by atoms with E-state index in [1.165, 1.54) is 12.1 Å². The molecular formula is C15H16FN3O. The van der Waals surface area contributed by atoms with E-state index in [0.717, 1.165) is 17.9 Å². The van der Waals surface area contributed by atoms with Gasteiger partial charge in [0.1, 0.15) is 11.6 Å². The summed E-state index contributed by atoms with van der Waals surface area (Å²) < 4.78 is 15.1. The number of aryl methyl sites for hydroxylation is 1. The van der Waals surface area contributed by atoms with Gasteiger partial charge in [0.05, 0.1) is 6.54 Å². The Morgan fingerprint density at radius 1 is 1.35 bits per heavy atom. The molecule has 5 heteroatoms. The van der Waals surface area contributed by atoms with Crippen molar-refractivity contribution in [1.82, 2.24) is 14.5 Å². The predicted octanol–water partition coefficient (Wildman–Crippen LogP) is 2.00. The second-order valence-corrected chi connectivity index (χ2v) is 4.98. The highest BCUT2D eigenvalue weighted by Crippen LogP contribution is 2.13. The number of imidazole rings is 1. The summed E-state index contributed by atoms with van der Waals surface area (Å²) in [6.07, 6.45) is 4.67. The van der Waals surface area contributed by atoms with Crippen LogP contribution in [-0.2, 0) is 24.3 Å². The van der Waals surface area contributed by atoms with Crippen molar-refractivity contribution in [2.45, 2.75) is 25.9 Å². The molecule has 1 aliphatic rings. The Bertz CT molecular complexity index is 623. The lowest BCUT2D eigenvalue weighted by Gasteiger charge is -2.27. The summed E-state index contributed by atoms with van der Waals surface area (Å²) >= 11 is 0. The summed E-state index contributed by atoms with van der Waals surface area (Å²) in [5.74, 6) is 0.772. The van der Waals surface area contributed by atoms with Gasteiger partial charge >= 0.3 is 0 Å². The first-order chi connectivity index (χ1) is 9.72. The summed E-state index contributed by atoms with van der Waals surface area (Å²) in [7, 11) is 0. The van der Waals surface area contributed by atoms with Crippen molar-refractivity contribution in [3.8, 4) is 0 Å². The molecular weight excluding hydrogens is 257 g/mol. The fourth-order valence-electron chi connectivity index (χ4n) is 2.49. The molecule has 1 aliphatic heterocycles. The van der Waals surface area contributed by atoms with E-state index in [2.05, 4.69) is 9.55 Å². The quantitative estimate of drug-likeness (QED) is 0.858. The van der Waals surface area contributed by atoms with E-state index >= 15 is 0 Å². The van der Waals surface area contributed by atoms with Gasteiger partial charge in [-0.05, 0) is 24.1 Å². The third-order valence-corrected chi connectivity index (χ3v) is 3.61. The second-order valence-electron chi connectivity index (χ2n) is 4.98. The Morgan fingerprint density at radius 2 is 2.25 bits per heavy atom. The van der Waals surface area contributed by atoms with Crippen LogP contribution in [0.3, 0.4) is 0 Å². The summed E-state index contributed by atoms with van der Waals surface area (Å²) in [6.45, 7) is 2.07. The number of rotatable bonds is 3. The molecule has 0 saturated heterocycles. The molecule has 0 fully saturated rings. The summed E-state index contributed by atoms with van der Waals surface area (Å²) in [4.78, 5) is 18.2. The van der Waals surface area contributed by atoms with Crippen molar-refractivity contribution < 1.29 is 9.18 Å². The standard InChI is InChI=1S/C15H16FN3O/c16-13-3-1-2-12(10-13)4-5-15(20)19-9-8-18-7-6-17-14(18)11-19/h1-3,6-7,10H,4-5,8-9,11H2. The minimum Gasteiger partial charge on any atom is -0.333 e. The van der Waals surface area contributed by atoms with Crippen LogP contribution < -0.4 is 0 Å². The Hall–Kier alpha value is -2.17. The third kappa shape index (κ3) is 2.71. The molecule has 0 radical (unpaired) electrons. The number of hydrogen-bond acceptors (Lipinski definition) is 2. The van der Waals surface area contributed by atoms with Gasteiger partial charge in [-0.15, -0.1) is 0 Å². The molecule has 1 aromatic carbocycles. The topological polar surface area (TPSA) is 38.1 Å². The fraction of sp³-hybridized carbons (Fsp3) is 0.333. The van der Waals surface area contributed by atoms with E-state index in [-0.39, 0.29) is 11.7 Å². The van der Waals surface area contributed by atoms with E-state index in [0.29, 0.717) is 25.9 Å². The van der Waals surface area contributed by atoms with Gasteiger partial charge in [-0.1, -0.05) is 12.1 Å². The normalized spacial score (nSPS) is 14.2. The van der Waals surface area contributed by atoms with Crippen LogP contribution in [0.1, 0.15) is 17.8 Å². The van der Waals surface area contributed by atoms with Crippen LogP contribution in [-0.4, -0.2) is 26.9 Å². The van der Waals surface area contributed by atoms with Crippen LogP contribution in [0.2, 0.25) is 0 Å². The monoisotopic (exact) mass is 273 g/mol. The minimum atomic E-state index is -0.255. The largest absolute Gasteiger partial charge is 0.333 e. The van der Waals surface area contributed by atoms with Crippen molar-refractivity contribution in [2.75, 3.05) is 6.54 Å². The number of halogens is 1. The van der Waals surface area contributed by atoms with Crippen LogP contribution >= 0.6 is 0 Å². The van der Waals surface area contributed by atoms with Gasteiger partial charge in [-0.25, -0.2) is 9.37 Å². The summed E-state index contributed by atoms with van der Waals surface area (Å²) in [5, 5.41) is 0. The zero-order valence-corrected chi connectivity index (χ0v) is 11.1. The van der Waals surface area contributed by atoms with Gasteiger partial charge in [-0.3, -0.25) is 4.79 Å². The molecule has 4 nitrogen and oxygen atoms in total. The highest BCUT2D eigenvalue weighted by molar-refractivity contribution is 5.76. The van der Waals surface area contributed by atoms with E-state index in [4.69, 9.17) is 0 Å². The maximum atomic E-state index is 13.1. The number of benzene rings is 1. The smallest absolute Gasteiger partial charge is 0.223 e. The van der Waals surface area contributed by atoms with E-state index in [1.807, 2.05) is 17.2 Å². The first kappa shape index (κ1) is 12.8. The highest BCUT2D eigenvalue weighted by Gasteiger charge is 2.20. The maximum absolute atomic E-state index is 13.1. The Morgan fingerprint density at radius 3 is 3.10 bits per heavy atom. The van der Waals surface area contributed by atoms with Crippen molar-refractivity contribution in [1.29, 1.82) is 0 Å². The minimum absolute atomic E-state index is 0.100. The molecule has 1 amide bonds. The maximum Gasteiger partial charge on any atom is 0.223 e. The van der Waals surface area contributed by atoms with Gasteiger partial charge < -0.3 is 9.47 Å². The second kappa shape index (κ2) is 5.45. The van der Waals surface area contributed by atoms with Crippen molar-refractivity contribution in [3.05, 3.63) is 53.9 Å². The first-order valence-electron chi connectivity index (χ1n) is 6.74. The lowest BCUT2D eigenvalue weighted by molar-refractivity contribution is -0.132. The van der Waals surface area contributed by atoms with E-state index in [1.54, 1.807) is 12.3 Å². The van der Waals surface area contributed by atoms with E-state index in [9.17, 15) is 9.18 Å². The molecule has 0 aliphatic carbocycles. The number of aromatic nitrogens is 2. The first-order valence-corrected chi connectivity index (χ1v) is 6.74. The van der Waals surface area contributed by atoms with Crippen molar-refractivity contribution >= 4 is 5.91 Å². The SMILES string of the molecule is O=C(CCc1cccc(F)c1)N1CCn2ccnc2C1. The third-order valence-electron chi connectivity index (χ3n) is 3.61. The fourth-order valence-corrected chi connectivity index (χ4v) is 2.49. The van der Waals surface area contributed by atoms with Crippen LogP contribution in [0, 0.1) is 5.82 Å². The Labute approximate surface area is 116 Å². The summed E-state index contributed by atoms with van der Waals surface area (Å²) in [6, 6.07) is 6.41. The average molecular weight is 273 g/mol. The van der Waals surface area contributed by atoms with Crippen LogP contribution in [0.4, 0.5) is 4.39 Å². The van der Waals surface area contributed by atoms with Crippen LogP contribution in [0.5, 0.6) is 0 Å². The van der Waals surface area contributed by atoms with Gasteiger partial charge in [0.25, 0.3) is 0 Å². The number of hydrogen-bond donors (Lipinski definition) is 0. The van der Waals surface area contributed by atoms with E-state index < -0.39 is 0 Å². The van der Waals surface area contributed by atoms with Crippen LogP contribution in [0.15, 0.2) is 36.7 Å². The van der Waals surface area contributed by atoms with Crippen molar-refractivity contribution in [2.24, 2.45) is 0 Å². The molecule has 0 unspecified atom stereocenters. The number of carbonyl (C=O) groups is 1. The lowest BCUT2D eigenvalue weighted by atomic mass is 10.1. The number of fused-ring (bicyclic) bond motifs is 1. The molecule has 0 bridgehead atoms. The molecule has 0 saturated carbocycles. The van der Waals surface area contributed by atoms with Crippen molar-refractivity contribution in [3.63, 3.8) is 0 Å². The Balaban J connectivity index is 1.58. The van der Waals surface area contributed by atoms with Gasteiger partial charge in [-0.2, -0.15) is 0 Å². The zero-order chi connectivity index (χ0) is 13.9. The van der Waals surface area contributed by atoms with Gasteiger partial charge in [0.15, 0.2) is 0 Å². The molecule has 3 rings (SSSR count). The molecule has 104 valence electrons.